The first-order valence-electron chi connectivity index (χ1n) is 10.9. The molecule has 7 nitrogen and oxygen atoms in total. The minimum absolute atomic E-state index is 0.187. The van der Waals surface area contributed by atoms with E-state index in [1.54, 1.807) is 60.7 Å². The van der Waals surface area contributed by atoms with Crippen molar-refractivity contribution in [1.29, 1.82) is 0 Å². The molecule has 7 heteroatoms. The molecule has 2 aliphatic rings. The zero-order valence-corrected chi connectivity index (χ0v) is 18.8. The molecule has 2 aromatic rings. The molecule has 0 aliphatic carbocycles. The third kappa shape index (κ3) is 3.36. The van der Waals surface area contributed by atoms with E-state index in [2.05, 4.69) is 6.58 Å². The zero-order valence-electron chi connectivity index (χ0n) is 18.8. The van der Waals surface area contributed by atoms with Crippen LogP contribution in [0, 0.1) is 0 Å². The number of Topliss-reactive ketones (excluding diaryl/α,β-unsaturated/α-hetero) is 1. The number of aliphatic hydroxyl groups is 1. The van der Waals surface area contributed by atoms with Crippen molar-refractivity contribution in [2.24, 2.45) is 0 Å². The molecule has 1 spiro atoms. The quantitative estimate of drug-likeness (QED) is 0.307. The van der Waals surface area contributed by atoms with E-state index in [0.717, 1.165) is 0 Å². The van der Waals surface area contributed by atoms with Gasteiger partial charge in [-0.1, -0.05) is 54.6 Å². The molecule has 0 bridgehead atoms. The van der Waals surface area contributed by atoms with Crippen molar-refractivity contribution in [3.05, 3.63) is 84.0 Å². The van der Waals surface area contributed by atoms with E-state index in [1.165, 1.54) is 9.80 Å². The van der Waals surface area contributed by atoms with Crippen LogP contribution in [0.5, 0.6) is 0 Å². The van der Waals surface area contributed by atoms with Crippen LogP contribution < -0.4 is 4.90 Å². The Morgan fingerprint density at radius 3 is 2.39 bits per heavy atom. The number of rotatable bonds is 7. The van der Waals surface area contributed by atoms with Gasteiger partial charge in [-0.2, -0.15) is 0 Å². The highest BCUT2D eigenvalue weighted by atomic mass is 16.3. The molecular formula is C26H27N3O4. The third-order valence-electron chi connectivity index (χ3n) is 6.16. The Labute approximate surface area is 193 Å². The van der Waals surface area contributed by atoms with E-state index in [4.69, 9.17) is 0 Å². The molecule has 1 unspecified atom stereocenters. The first-order chi connectivity index (χ1) is 15.9. The molecule has 170 valence electrons. The van der Waals surface area contributed by atoms with Crippen LogP contribution in [0.4, 0.5) is 5.69 Å². The lowest BCUT2D eigenvalue weighted by Crippen LogP contribution is -2.52. The minimum atomic E-state index is -1.72. The number of carbonyl (C=O) groups is 3. The van der Waals surface area contributed by atoms with Gasteiger partial charge in [-0.15, -0.1) is 6.58 Å². The van der Waals surface area contributed by atoms with E-state index >= 15 is 0 Å². The molecule has 2 amide bonds. The van der Waals surface area contributed by atoms with Crippen molar-refractivity contribution in [3.8, 4) is 0 Å². The summed E-state index contributed by atoms with van der Waals surface area (Å²) in [4.78, 5) is 45.7. The number of aliphatic hydroxyl groups excluding tert-OH is 1. The zero-order chi connectivity index (χ0) is 23.8. The molecule has 33 heavy (non-hydrogen) atoms. The Hall–Kier alpha value is -3.71. The van der Waals surface area contributed by atoms with Crippen molar-refractivity contribution < 1.29 is 19.5 Å². The lowest BCUT2D eigenvalue weighted by Gasteiger charge is -2.34. The number of para-hydroxylation sites is 1. The summed E-state index contributed by atoms with van der Waals surface area (Å²) < 4.78 is 0. The average Bonchev–Trinajstić information content (AvgIpc) is 3.18. The maximum atomic E-state index is 14.1. The summed E-state index contributed by atoms with van der Waals surface area (Å²) in [5, 5.41) is 11.3. The normalized spacial score (nSPS) is 21.4. The fraction of sp³-hybridized carbons (Fsp3) is 0.269. The number of benzene rings is 2. The lowest BCUT2D eigenvalue weighted by atomic mass is 9.82. The molecule has 4 rings (SSSR count). The van der Waals surface area contributed by atoms with Gasteiger partial charge in [0, 0.05) is 24.2 Å². The molecule has 2 aromatic carbocycles. The van der Waals surface area contributed by atoms with Crippen molar-refractivity contribution >= 4 is 29.0 Å². The molecule has 0 radical (unpaired) electrons. The summed E-state index contributed by atoms with van der Waals surface area (Å²) in [6, 6.07) is 15.6. The van der Waals surface area contributed by atoms with E-state index in [1.807, 2.05) is 19.0 Å². The molecule has 1 fully saturated rings. The number of hydrogen-bond acceptors (Lipinski definition) is 5. The molecule has 2 heterocycles. The molecule has 1 saturated heterocycles. The maximum Gasteiger partial charge on any atom is 0.296 e. The number of nitrogens with zero attached hydrogens (tertiary/aromatic N) is 3. The Bertz CT molecular complexity index is 1160. The average molecular weight is 446 g/mol. The molecule has 0 aromatic heterocycles. The van der Waals surface area contributed by atoms with Gasteiger partial charge in [0.1, 0.15) is 5.76 Å². The maximum absolute atomic E-state index is 14.1. The van der Waals surface area contributed by atoms with E-state index < -0.39 is 23.1 Å². The van der Waals surface area contributed by atoms with Gasteiger partial charge in [0.2, 0.25) is 0 Å². The van der Waals surface area contributed by atoms with Crippen LogP contribution in [0.1, 0.15) is 17.5 Å². The van der Waals surface area contributed by atoms with Crippen LogP contribution in [-0.2, 0) is 19.9 Å². The van der Waals surface area contributed by atoms with E-state index in [0.29, 0.717) is 29.8 Å². The summed E-state index contributed by atoms with van der Waals surface area (Å²) >= 11 is 0. The monoisotopic (exact) mass is 445 g/mol. The minimum Gasteiger partial charge on any atom is -0.507 e. The number of anilines is 1. The third-order valence-corrected chi connectivity index (χ3v) is 6.16. The largest absolute Gasteiger partial charge is 0.507 e. The van der Waals surface area contributed by atoms with Crippen molar-refractivity contribution in [2.75, 3.05) is 38.6 Å². The highest BCUT2D eigenvalue weighted by Crippen LogP contribution is 2.53. The van der Waals surface area contributed by atoms with Crippen LogP contribution in [0.15, 0.2) is 72.8 Å². The first kappa shape index (κ1) is 22.5. The Kier molecular flexibility index (Phi) is 5.91. The van der Waals surface area contributed by atoms with Gasteiger partial charge in [0.25, 0.3) is 17.6 Å². The summed E-state index contributed by atoms with van der Waals surface area (Å²) in [5.41, 5.74) is -0.428. The van der Waals surface area contributed by atoms with Crippen molar-refractivity contribution in [2.45, 2.75) is 12.0 Å². The summed E-state index contributed by atoms with van der Waals surface area (Å²) in [7, 11) is 3.84. The number of likely N-dealkylation sites (tertiary alicyclic amines) is 1. The van der Waals surface area contributed by atoms with Crippen LogP contribution >= 0.6 is 0 Å². The second-order valence-corrected chi connectivity index (χ2v) is 8.46. The van der Waals surface area contributed by atoms with Gasteiger partial charge in [0.05, 0.1) is 11.3 Å². The smallest absolute Gasteiger partial charge is 0.296 e. The molecular weight excluding hydrogens is 418 g/mol. The Balaban J connectivity index is 2.00. The van der Waals surface area contributed by atoms with Gasteiger partial charge in [-0.25, -0.2) is 0 Å². The van der Waals surface area contributed by atoms with Crippen LogP contribution in [0.3, 0.4) is 0 Å². The number of carbonyl (C=O) groups excluding carboxylic acids is 3. The van der Waals surface area contributed by atoms with Gasteiger partial charge in [-0.05, 0) is 33.1 Å². The Morgan fingerprint density at radius 2 is 1.73 bits per heavy atom. The molecule has 1 N–H and O–H groups in total. The van der Waals surface area contributed by atoms with Crippen LogP contribution in [0.25, 0.3) is 5.76 Å². The second-order valence-electron chi connectivity index (χ2n) is 8.46. The first-order valence-corrected chi connectivity index (χ1v) is 10.9. The standard InChI is InChI=1S/C26H27N3O4/c1-4-15-28-20-14-9-8-13-19(20)26(25(28)33)21(22(30)18-11-6-5-7-12-18)23(31)24(32)29(26)17-10-16-27(2)3/h4-9,11-14,30H,1,10,15-17H2,2-3H3/b22-21+. The second kappa shape index (κ2) is 8.67. The number of fused-ring (bicyclic) bond motifs is 2. The highest BCUT2D eigenvalue weighted by Gasteiger charge is 2.66. The molecule has 1 atom stereocenters. The summed E-state index contributed by atoms with van der Waals surface area (Å²) in [6.45, 7) is 4.83. The SMILES string of the molecule is C=CCN1C(=O)C2(/C(=C(/O)c3ccccc3)C(=O)C(=O)N2CCCN(C)C)c2ccccc21. The number of ketones is 1. The Morgan fingerprint density at radius 1 is 1.06 bits per heavy atom. The van der Waals surface area contributed by atoms with Gasteiger partial charge >= 0.3 is 0 Å². The van der Waals surface area contributed by atoms with Crippen molar-refractivity contribution in [1.82, 2.24) is 9.80 Å². The topological polar surface area (TPSA) is 81.2 Å². The fourth-order valence-electron chi connectivity index (χ4n) is 4.76. The predicted molar refractivity (Wildman–Crippen MR) is 127 cm³/mol. The van der Waals surface area contributed by atoms with E-state index in [9.17, 15) is 19.5 Å². The van der Waals surface area contributed by atoms with Gasteiger partial charge in [-0.3, -0.25) is 14.4 Å². The molecule has 0 saturated carbocycles. The van der Waals surface area contributed by atoms with Crippen LogP contribution in [0.2, 0.25) is 0 Å². The van der Waals surface area contributed by atoms with Crippen molar-refractivity contribution in [3.63, 3.8) is 0 Å². The molecule has 2 aliphatic heterocycles. The van der Waals surface area contributed by atoms with E-state index in [-0.39, 0.29) is 24.4 Å². The van der Waals surface area contributed by atoms with Gasteiger partial charge in [0.15, 0.2) is 5.54 Å². The van der Waals surface area contributed by atoms with Gasteiger partial charge < -0.3 is 19.8 Å². The number of amides is 2. The summed E-state index contributed by atoms with van der Waals surface area (Å²) in [6.07, 6.45) is 2.16. The number of hydrogen-bond donors (Lipinski definition) is 1. The highest BCUT2D eigenvalue weighted by molar-refractivity contribution is 6.50. The summed E-state index contributed by atoms with van der Waals surface area (Å²) in [5.74, 6) is -2.43. The lowest BCUT2D eigenvalue weighted by molar-refractivity contribution is -0.143. The van der Waals surface area contributed by atoms with Crippen LogP contribution in [-0.4, -0.2) is 66.2 Å². The predicted octanol–water partition coefficient (Wildman–Crippen LogP) is 2.75. The fourth-order valence-corrected chi connectivity index (χ4v) is 4.76.